The maximum atomic E-state index is 14.8. The van der Waals surface area contributed by atoms with Gasteiger partial charge in [-0.15, -0.1) is 5.10 Å². The van der Waals surface area contributed by atoms with Crippen LogP contribution in [0.1, 0.15) is 29.7 Å². The molecule has 2 aromatic heterocycles. The van der Waals surface area contributed by atoms with Crippen LogP contribution in [-0.2, 0) is 18.8 Å². The van der Waals surface area contributed by atoms with Gasteiger partial charge in [-0.1, -0.05) is 29.7 Å². The molecule has 0 fully saturated rings. The Morgan fingerprint density at radius 1 is 1.00 bits per heavy atom. The highest BCUT2D eigenvalue weighted by molar-refractivity contribution is 6.30. The van der Waals surface area contributed by atoms with Crippen LogP contribution in [0.2, 0.25) is 5.02 Å². The number of rotatable bonds is 9. The smallest absolute Gasteiger partial charge is 0.143 e. The predicted molar refractivity (Wildman–Crippen MR) is 134 cm³/mol. The van der Waals surface area contributed by atoms with Gasteiger partial charge in [0.15, 0.2) is 0 Å². The van der Waals surface area contributed by atoms with Crippen molar-refractivity contribution in [3.63, 3.8) is 0 Å². The number of tetrazole rings is 1. The second kappa shape index (κ2) is 11.1. The zero-order valence-corrected chi connectivity index (χ0v) is 21.5. The molecule has 0 aliphatic heterocycles. The molecule has 8 nitrogen and oxygen atoms in total. The van der Waals surface area contributed by atoms with Crippen molar-refractivity contribution in [3.05, 3.63) is 112 Å². The van der Waals surface area contributed by atoms with E-state index in [0.29, 0.717) is 23.1 Å². The topological polar surface area (TPSA) is 99.1 Å². The van der Waals surface area contributed by atoms with E-state index >= 15 is 0 Å². The van der Waals surface area contributed by atoms with Crippen molar-refractivity contribution in [2.45, 2.75) is 31.6 Å². The Morgan fingerprint density at radius 2 is 1.73 bits per heavy atom. The summed E-state index contributed by atoms with van der Waals surface area (Å²) in [7, 11) is 0. The molecule has 0 unspecified atom stereocenters. The molecule has 0 bridgehead atoms. The van der Waals surface area contributed by atoms with Crippen LogP contribution in [0, 0.1) is 23.3 Å². The van der Waals surface area contributed by atoms with Gasteiger partial charge in [0, 0.05) is 28.3 Å². The average molecular weight is 574 g/mol. The van der Waals surface area contributed by atoms with Crippen molar-refractivity contribution >= 4 is 11.6 Å². The van der Waals surface area contributed by atoms with Gasteiger partial charge >= 0.3 is 0 Å². The molecule has 2 atom stereocenters. The number of hydrogen-bond donors (Lipinski definition) is 1. The summed E-state index contributed by atoms with van der Waals surface area (Å²) < 4.78 is 68.7. The quantitative estimate of drug-likeness (QED) is 0.222. The first-order valence-electron chi connectivity index (χ1n) is 11.9. The third-order valence-corrected chi connectivity index (χ3v) is 6.72. The molecule has 0 aliphatic rings. The van der Waals surface area contributed by atoms with E-state index in [1.807, 2.05) is 0 Å². The summed E-state index contributed by atoms with van der Waals surface area (Å²) in [6.07, 6.45) is 1.25. The summed E-state index contributed by atoms with van der Waals surface area (Å²) in [5.74, 6) is -3.70. The summed E-state index contributed by atoms with van der Waals surface area (Å²) in [5, 5.41) is 26.6. The van der Waals surface area contributed by atoms with E-state index < -0.39 is 34.8 Å². The molecule has 0 amide bonds. The number of aromatic nitrogens is 5. The largest absolute Gasteiger partial charge is 0.489 e. The molecule has 5 aromatic rings. The van der Waals surface area contributed by atoms with Gasteiger partial charge in [-0.2, -0.15) is 0 Å². The van der Waals surface area contributed by atoms with Crippen LogP contribution in [0.15, 0.2) is 71.5 Å². The second-order valence-corrected chi connectivity index (χ2v) is 9.49. The maximum Gasteiger partial charge on any atom is 0.143 e. The monoisotopic (exact) mass is 573 g/mol. The summed E-state index contributed by atoms with van der Waals surface area (Å²) in [4.78, 5) is 0. The van der Waals surface area contributed by atoms with Crippen LogP contribution in [0.3, 0.4) is 0 Å². The molecule has 0 radical (unpaired) electrons. The summed E-state index contributed by atoms with van der Waals surface area (Å²) in [6.45, 7) is 0.990. The lowest BCUT2D eigenvalue weighted by Crippen LogP contribution is -2.38. The van der Waals surface area contributed by atoms with Gasteiger partial charge in [0.05, 0.1) is 18.0 Å². The minimum atomic E-state index is -1.95. The van der Waals surface area contributed by atoms with E-state index in [9.17, 15) is 22.7 Å². The fourth-order valence-electron chi connectivity index (χ4n) is 4.25. The van der Waals surface area contributed by atoms with Crippen molar-refractivity contribution in [1.82, 2.24) is 25.4 Å². The third kappa shape index (κ3) is 5.54. The van der Waals surface area contributed by atoms with E-state index in [1.165, 1.54) is 11.0 Å². The van der Waals surface area contributed by atoms with Gasteiger partial charge in [0.2, 0.25) is 0 Å². The number of aliphatic hydroxyl groups is 1. The Bertz CT molecular complexity index is 1610. The third-order valence-electron chi connectivity index (χ3n) is 6.50. The van der Waals surface area contributed by atoms with Crippen LogP contribution in [0.5, 0.6) is 5.75 Å². The molecule has 206 valence electrons. The molecule has 0 aliphatic carbocycles. The Hall–Kier alpha value is -4.29. The van der Waals surface area contributed by atoms with Crippen LogP contribution < -0.4 is 4.74 Å². The van der Waals surface area contributed by atoms with Gasteiger partial charge in [-0.3, -0.25) is 0 Å². The molecule has 3 aromatic carbocycles. The molecule has 1 N–H and O–H groups in total. The molecule has 2 heterocycles. The zero-order valence-electron chi connectivity index (χ0n) is 20.7. The standard InChI is InChI=1S/C27H20ClF4N5O3/c1-15(27(38,13-37-14-33-35-36-37)21-7-4-18(29)10-24(21)32)26-11-25(34-40-26)16-2-5-19(6-3-16)39-12-20-22(30)8-17(28)9-23(20)31/h2-11,14-15,38H,12-13H2,1H3/t15-,27+/m0/s1. The first-order valence-corrected chi connectivity index (χ1v) is 12.2. The van der Waals surface area contributed by atoms with E-state index in [-0.39, 0.29) is 35.1 Å². The number of hydrogen-bond acceptors (Lipinski definition) is 7. The zero-order chi connectivity index (χ0) is 28.4. The molecule has 0 saturated carbocycles. The Labute approximate surface area is 229 Å². The lowest BCUT2D eigenvalue weighted by atomic mass is 9.80. The molecule has 5 rings (SSSR count). The van der Waals surface area contributed by atoms with Crippen molar-refractivity contribution in [1.29, 1.82) is 0 Å². The summed E-state index contributed by atoms with van der Waals surface area (Å²) in [5.41, 5.74) is -1.38. The van der Waals surface area contributed by atoms with Crippen molar-refractivity contribution in [2.24, 2.45) is 0 Å². The number of benzene rings is 3. The Morgan fingerprint density at radius 3 is 2.38 bits per heavy atom. The highest BCUT2D eigenvalue weighted by atomic mass is 35.5. The van der Waals surface area contributed by atoms with Crippen molar-refractivity contribution in [2.75, 3.05) is 0 Å². The SMILES string of the molecule is C[C@@H](c1cc(-c2ccc(OCc3c(F)cc(Cl)cc3F)cc2)no1)[C@](O)(Cn1cnnn1)c1ccc(F)cc1F. The van der Waals surface area contributed by atoms with Gasteiger partial charge < -0.3 is 14.4 Å². The van der Waals surface area contributed by atoms with Crippen LogP contribution >= 0.6 is 11.6 Å². The minimum absolute atomic E-state index is 0.0546. The van der Waals surface area contributed by atoms with Crippen LogP contribution in [0.25, 0.3) is 11.3 Å². The molecular weight excluding hydrogens is 554 g/mol. The van der Waals surface area contributed by atoms with E-state index in [0.717, 1.165) is 24.3 Å². The lowest BCUT2D eigenvalue weighted by molar-refractivity contribution is -0.0185. The highest BCUT2D eigenvalue weighted by Crippen LogP contribution is 2.40. The highest BCUT2D eigenvalue weighted by Gasteiger charge is 2.42. The number of halogens is 5. The lowest BCUT2D eigenvalue weighted by Gasteiger charge is -2.33. The van der Waals surface area contributed by atoms with Crippen LogP contribution in [0.4, 0.5) is 17.6 Å². The fourth-order valence-corrected chi connectivity index (χ4v) is 4.44. The normalized spacial score (nSPS) is 13.7. The van der Waals surface area contributed by atoms with Gasteiger partial charge in [0.1, 0.15) is 59.0 Å². The van der Waals surface area contributed by atoms with E-state index in [1.54, 1.807) is 37.3 Å². The van der Waals surface area contributed by atoms with Gasteiger partial charge in [-0.05, 0) is 52.9 Å². The first kappa shape index (κ1) is 27.3. The number of ether oxygens (including phenoxy) is 1. The molecule has 40 heavy (non-hydrogen) atoms. The van der Waals surface area contributed by atoms with Crippen LogP contribution in [-0.4, -0.2) is 30.5 Å². The Kier molecular flexibility index (Phi) is 7.55. The van der Waals surface area contributed by atoms with Crippen molar-refractivity contribution in [3.8, 4) is 17.0 Å². The maximum absolute atomic E-state index is 14.8. The predicted octanol–water partition coefficient (Wildman–Crippen LogP) is 5.81. The molecule has 13 heteroatoms. The van der Waals surface area contributed by atoms with E-state index in [4.69, 9.17) is 20.9 Å². The second-order valence-electron chi connectivity index (χ2n) is 9.05. The van der Waals surface area contributed by atoms with Gasteiger partial charge in [-0.25, -0.2) is 22.2 Å². The minimum Gasteiger partial charge on any atom is -0.489 e. The Balaban J connectivity index is 1.36. The first-order chi connectivity index (χ1) is 19.1. The molecule has 0 spiro atoms. The summed E-state index contributed by atoms with van der Waals surface area (Å²) in [6, 6.07) is 12.9. The van der Waals surface area contributed by atoms with Gasteiger partial charge in [0.25, 0.3) is 0 Å². The summed E-state index contributed by atoms with van der Waals surface area (Å²) >= 11 is 5.65. The molecule has 0 saturated heterocycles. The van der Waals surface area contributed by atoms with Crippen molar-refractivity contribution < 1.29 is 31.9 Å². The van der Waals surface area contributed by atoms with E-state index in [2.05, 4.69) is 20.7 Å². The average Bonchev–Trinajstić information content (AvgIpc) is 3.60. The number of nitrogens with zero attached hydrogens (tertiary/aromatic N) is 5. The fraction of sp³-hybridized carbons (Fsp3) is 0.185. The molecular formula is C27H20ClF4N5O3.